The molecule has 1 aliphatic heterocycles. The molecule has 0 radical (unpaired) electrons. The average Bonchev–Trinajstić information content (AvgIpc) is 3.31. The maximum absolute atomic E-state index is 12.6. The maximum atomic E-state index is 12.6. The SMILES string of the molecule is CN=C(NCc1ccccc1OC(F)F)NCC(c1ccc(OC)cc1)N1CCCC1.I. The van der Waals surface area contributed by atoms with Crippen LogP contribution in [0.3, 0.4) is 0 Å². The van der Waals surface area contributed by atoms with Gasteiger partial charge in [-0.15, -0.1) is 24.0 Å². The van der Waals surface area contributed by atoms with Gasteiger partial charge < -0.3 is 20.1 Å². The van der Waals surface area contributed by atoms with E-state index in [4.69, 9.17) is 4.74 Å². The minimum atomic E-state index is -2.86. The molecule has 0 spiro atoms. The summed E-state index contributed by atoms with van der Waals surface area (Å²) in [6.07, 6.45) is 2.39. The minimum Gasteiger partial charge on any atom is -0.497 e. The van der Waals surface area contributed by atoms with Crippen LogP contribution in [-0.4, -0.2) is 51.3 Å². The van der Waals surface area contributed by atoms with Crippen molar-refractivity contribution in [2.75, 3.05) is 33.8 Å². The van der Waals surface area contributed by atoms with Crippen LogP contribution in [0.1, 0.15) is 30.0 Å². The topological polar surface area (TPSA) is 58.1 Å². The monoisotopic (exact) mass is 560 g/mol. The molecule has 1 heterocycles. The Hall–Kier alpha value is -2.14. The predicted octanol–water partition coefficient (Wildman–Crippen LogP) is 4.42. The second-order valence-corrected chi connectivity index (χ2v) is 7.32. The Labute approximate surface area is 205 Å². The number of aliphatic imine (C=N–C) groups is 1. The number of hydrogen-bond donors (Lipinski definition) is 2. The molecule has 2 aromatic rings. The Morgan fingerprint density at radius 3 is 2.38 bits per heavy atom. The van der Waals surface area contributed by atoms with Crippen molar-refractivity contribution in [1.29, 1.82) is 0 Å². The fourth-order valence-electron chi connectivity index (χ4n) is 3.79. The first-order chi connectivity index (χ1) is 15.1. The molecule has 2 N–H and O–H groups in total. The molecule has 6 nitrogen and oxygen atoms in total. The normalized spacial score (nSPS) is 15.2. The molecule has 1 saturated heterocycles. The summed E-state index contributed by atoms with van der Waals surface area (Å²) in [7, 11) is 3.35. The molecule has 0 aromatic heterocycles. The summed E-state index contributed by atoms with van der Waals surface area (Å²) in [4.78, 5) is 6.75. The Morgan fingerprint density at radius 2 is 1.75 bits per heavy atom. The standard InChI is InChI=1S/C23H30F2N4O2.HI/c1-26-23(27-15-18-7-3-4-8-21(18)31-22(24)25)28-16-20(29-13-5-6-14-29)17-9-11-19(30-2)12-10-17;/h3-4,7-12,20,22H,5-6,13-16H2,1-2H3,(H2,26,27,28);1H. The minimum absolute atomic E-state index is 0. The van der Waals surface area contributed by atoms with Gasteiger partial charge in [0.1, 0.15) is 11.5 Å². The van der Waals surface area contributed by atoms with E-state index in [0.717, 1.165) is 18.8 Å². The quantitative estimate of drug-likeness (QED) is 0.270. The van der Waals surface area contributed by atoms with Crippen molar-refractivity contribution in [3.8, 4) is 11.5 Å². The zero-order valence-corrected chi connectivity index (χ0v) is 20.7. The highest BCUT2D eigenvalue weighted by Crippen LogP contribution is 2.26. The smallest absolute Gasteiger partial charge is 0.387 e. The van der Waals surface area contributed by atoms with Crippen LogP contribution in [0.25, 0.3) is 0 Å². The molecule has 1 fully saturated rings. The molecule has 32 heavy (non-hydrogen) atoms. The van der Waals surface area contributed by atoms with E-state index in [9.17, 15) is 8.78 Å². The zero-order chi connectivity index (χ0) is 22.1. The van der Waals surface area contributed by atoms with E-state index >= 15 is 0 Å². The summed E-state index contributed by atoms with van der Waals surface area (Å²) in [6.45, 7) is 0.246. The van der Waals surface area contributed by atoms with Crippen LogP contribution < -0.4 is 20.1 Å². The first-order valence-electron chi connectivity index (χ1n) is 10.5. The summed E-state index contributed by atoms with van der Waals surface area (Å²) in [5.74, 6) is 1.59. The van der Waals surface area contributed by atoms with Crippen LogP contribution >= 0.6 is 24.0 Å². The third-order valence-electron chi connectivity index (χ3n) is 5.40. The first kappa shape index (κ1) is 26.1. The summed E-state index contributed by atoms with van der Waals surface area (Å²) in [6, 6.07) is 15.1. The van der Waals surface area contributed by atoms with E-state index in [0.29, 0.717) is 24.6 Å². The number of rotatable bonds is 9. The number of benzene rings is 2. The number of para-hydroxylation sites is 1. The van der Waals surface area contributed by atoms with Crippen molar-refractivity contribution in [3.05, 3.63) is 59.7 Å². The summed E-state index contributed by atoms with van der Waals surface area (Å²) in [5, 5.41) is 6.57. The molecular weight excluding hydrogens is 529 g/mol. The average molecular weight is 560 g/mol. The second-order valence-electron chi connectivity index (χ2n) is 7.32. The first-order valence-corrected chi connectivity index (χ1v) is 10.5. The van der Waals surface area contributed by atoms with Gasteiger partial charge in [-0.1, -0.05) is 30.3 Å². The molecule has 0 aliphatic carbocycles. The Balaban J connectivity index is 0.00000363. The molecule has 3 rings (SSSR count). The van der Waals surface area contributed by atoms with Gasteiger partial charge in [-0.3, -0.25) is 9.89 Å². The lowest BCUT2D eigenvalue weighted by Gasteiger charge is -2.29. The molecule has 176 valence electrons. The number of guanidine groups is 1. The van der Waals surface area contributed by atoms with Crippen LogP contribution in [0.4, 0.5) is 8.78 Å². The largest absolute Gasteiger partial charge is 0.497 e. The molecule has 1 unspecified atom stereocenters. The van der Waals surface area contributed by atoms with Crippen molar-refractivity contribution in [1.82, 2.24) is 15.5 Å². The second kappa shape index (κ2) is 13.4. The van der Waals surface area contributed by atoms with Crippen molar-refractivity contribution in [3.63, 3.8) is 0 Å². The number of methoxy groups -OCH3 is 1. The van der Waals surface area contributed by atoms with Crippen molar-refractivity contribution in [2.24, 2.45) is 4.99 Å². The van der Waals surface area contributed by atoms with Crippen molar-refractivity contribution < 1.29 is 18.3 Å². The lowest BCUT2D eigenvalue weighted by molar-refractivity contribution is -0.0504. The predicted molar refractivity (Wildman–Crippen MR) is 133 cm³/mol. The Kier molecular flexibility index (Phi) is 10.9. The number of alkyl halides is 2. The van der Waals surface area contributed by atoms with Crippen LogP contribution in [0.15, 0.2) is 53.5 Å². The van der Waals surface area contributed by atoms with Gasteiger partial charge in [0.15, 0.2) is 5.96 Å². The van der Waals surface area contributed by atoms with Gasteiger partial charge in [0.25, 0.3) is 0 Å². The molecule has 1 aliphatic rings. The molecule has 9 heteroatoms. The van der Waals surface area contributed by atoms with Gasteiger partial charge in [0.2, 0.25) is 0 Å². The molecular formula is C23H31F2IN4O2. The number of ether oxygens (including phenoxy) is 2. The number of likely N-dealkylation sites (tertiary alicyclic amines) is 1. The van der Waals surface area contributed by atoms with Gasteiger partial charge in [-0.2, -0.15) is 8.78 Å². The lowest BCUT2D eigenvalue weighted by atomic mass is 10.1. The van der Waals surface area contributed by atoms with Crippen molar-refractivity contribution in [2.45, 2.75) is 32.0 Å². The third-order valence-corrected chi connectivity index (χ3v) is 5.40. The van der Waals surface area contributed by atoms with E-state index in [-0.39, 0.29) is 35.8 Å². The Bertz CT molecular complexity index is 846. The molecule has 2 aromatic carbocycles. The highest BCUT2D eigenvalue weighted by molar-refractivity contribution is 14.0. The van der Waals surface area contributed by atoms with Gasteiger partial charge in [0, 0.05) is 25.7 Å². The van der Waals surface area contributed by atoms with Gasteiger partial charge in [-0.05, 0) is 49.7 Å². The fourth-order valence-corrected chi connectivity index (χ4v) is 3.79. The summed E-state index contributed by atoms with van der Waals surface area (Å²) >= 11 is 0. The van der Waals surface area contributed by atoms with Crippen LogP contribution in [-0.2, 0) is 6.54 Å². The Morgan fingerprint density at radius 1 is 1.06 bits per heavy atom. The number of hydrogen-bond acceptors (Lipinski definition) is 4. The number of nitrogens with zero attached hydrogens (tertiary/aromatic N) is 2. The third kappa shape index (κ3) is 7.47. The molecule has 0 amide bonds. The zero-order valence-electron chi connectivity index (χ0n) is 18.4. The van der Waals surface area contributed by atoms with E-state index in [2.05, 4.69) is 37.4 Å². The van der Waals surface area contributed by atoms with Crippen molar-refractivity contribution >= 4 is 29.9 Å². The van der Waals surface area contributed by atoms with E-state index in [1.165, 1.54) is 24.5 Å². The molecule has 0 bridgehead atoms. The van der Waals surface area contributed by atoms with E-state index in [1.54, 1.807) is 32.4 Å². The highest BCUT2D eigenvalue weighted by Gasteiger charge is 2.23. The summed E-state index contributed by atoms with van der Waals surface area (Å²) in [5.41, 5.74) is 1.85. The maximum Gasteiger partial charge on any atom is 0.387 e. The fraction of sp³-hybridized carbons (Fsp3) is 0.435. The molecule has 1 atom stereocenters. The van der Waals surface area contributed by atoms with E-state index < -0.39 is 6.61 Å². The van der Waals surface area contributed by atoms with Crippen LogP contribution in [0.2, 0.25) is 0 Å². The highest BCUT2D eigenvalue weighted by atomic mass is 127. The number of nitrogens with one attached hydrogen (secondary N) is 2. The molecule has 0 saturated carbocycles. The van der Waals surface area contributed by atoms with E-state index in [1.807, 2.05) is 12.1 Å². The van der Waals surface area contributed by atoms with Gasteiger partial charge >= 0.3 is 6.61 Å². The van der Waals surface area contributed by atoms with Gasteiger partial charge in [-0.25, -0.2) is 0 Å². The van der Waals surface area contributed by atoms with Crippen LogP contribution in [0, 0.1) is 0 Å². The van der Waals surface area contributed by atoms with Gasteiger partial charge in [0.05, 0.1) is 13.2 Å². The lowest BCUT2D eigenvalue weighted by Crippen LogP contribution is -2.42. The number of halogens is 3. The summed E-state index contributed by atoms with van der Waals surface area (Å²) < 4.78 is 35.2. The van der Waals surface area contributed by atoms with Crippen LogP contribution in [0.5, 0.6) is 11.5 Å².